The largest absolute Gasteiger partial charge is 0.371 e. The first-order chi connectivity index (χ1) is 9.56. The van der Waals surface area contributed by atoms with Crippen molar-refractivity contribution in [2.75, 3.05) is 20.2 Å². The molecule has 1 atom stereocenters. The van der Waals surface area contributed by atoms with E-state index in [1.807, 2.05) is 0 Å². The van der Waals surface area contributed by atoms with E-state index in [1.54, 1.807) is 12.2 Å². The Balaban J connectivity index is 2.61. The van der Waals surface area contributed by atoms with E-state index < -0.39 is 17.7 Å². The second-order valence-electron chi connectivity index (χ2n) is 4.16. The molecule has 0 fully saturated rings. The lowest BCUT2D eigenvalue weighted by Gasteiger charge is -2.14. The summed E-state index contributed by atoms with van der Waals surface area (Å²) in [4.78, 5) is 11.8. The number of nitrogens with two attached hydrogens (primary N) is 1. The van der Waals surface area contributed by atoms with E-state index >= 15 is 0 Å². The van der Waals surface area contributed by atoms with Crippen molar-refractivity contribution in [3.05, 3.63) is 47.5 Å². The van der Waals surface area contributed by atoms with Crippen molar-refractivity contribution in [2.24, 2.45) is 5.73 Å². The summed E-state index contributed by atoms with van der Waals surface area (Å²) in [6, 6.07) is 3.14. The van der Waals surface area contributed by atoms with E-state index in [1.165, 1.54) is 19.2 Å². The first-order valence-corrected chi connectivity index (χ1v) is 6.17. The zero-order valence-electron chi connectivity index (χ0n) is 11.2. The third-order valence-electron chi connectivity index (χ3n) is 2.62. The molecular formula is C14H18F2N2O2. The highest BCUT2D eigenvalue weighted by atomic mass is 19.1. The van der Waals surface area contributed by atoms with E-state index in [2.05, 4.69) is 5.32 Å². The highest BCUT2D eigenvalue weighted by Crippen LogP contribution is 2.11. The van der Waals surface area contributed by atoms with Crippen LogP contribution in [0.4, 0.5) is 8.78 Å². The summed E-state index contributed by atoms with van der Waals surface area (Å²) in [7, 11) is 1.37. The van der Waals surface area contributed by atoms with Crippen LogP contribution in [0.2, 0.25) is 0 Å². The topological polar surface area (TPSA) is 64.3 Å². The Bertz CT molecular complexity index is 458. The Kier molecular flexibility index (Phi) is 6.83. The average Bonchev–Trinajstić information content (AvgIpc) is 2.39. The summed E-state index contributed by atoms with van der Waals surface area (Å²) in [5.41, 5.74) is 5.63. The number of halogens is 2. The van der Waals surface area contributed by atoms with Gasteiger partial charge in [-0.1, -0.05) is 12.2 Å². The van der Waals surface area contributed by atoms with Crippen LogP contribution in [-0.2, 0) is 16.0 Å². The Morgan fingerprint density at radius 1 is 1.35 bits per heavy atom. The number of carbonyl (C=O) groups excluding carboxylic acids is 1. The van der Waals surface area contributed by atoms with Gasteiger partial charge in [0.2, 0.25) is 5.91 Å². The molecule has 0 aliphatic carbocycles. The van der Waals surface area contributed by atoms with Crippen LogP contribution in [0.25, 0.3) is 0 Å². The molecule has 1 unspecified atom stereocenters. The molecule has 6 heteroatoms. The summed E-state index contributed by atoms with van der Waals surface area (Å²) in [5.74, 6) is -1.71. The number of carbonyl (C=O) groups is 1. The summed E-state index contributed by atoms with van der Waals surface area (Å²) < 4.78 is 31.2. The van der Waals surface area contributed by atoms with Gasteiger partial charge in [0.25, 0.3) is 0 Å². The van der Waals surface area contributed by atoms with Gasteiger partial charge < -0.3 is 15.8 Å². The molecule has 0 aliphatic heterocycles. The normalized spacial score (nSPS) is 12.6. The summed E-state index contributed by atoms with van der Waals surface area (Å²) in [6.45, 7) is 0.722. The molecule has 1 aromatic rings. The van der Waals surface area contributed by atoms with Crippen molar-refractivity contribution >= 4 is 5.91 Å². The molecule has 0 spiro atoms. The maximum Gasteiger partial charge on any atom is 0.249 e. The minimum absolute atomic E-state index is 0.0949. The van der Waals surface area contributed by atoms with E-state index in [4.69, 9.17) is 10.5 Å². The van der Waals surface area contributed by atoms with Gasteiger partial charge in [-0.2, -0.15) is 0 Å². The molecular weight excluding hydrogens is 266 g/mol. The van der Waals surface area contributed by atoms with Gasteiger partial charge in [0.15, 0.2) is 0 Å². The second kappa shape index (κ2) is 8.39. The summed E-state index contributed by atoms with van der Waals surface area (Å²) >= 11 is 0. The fraction of sp³-hybridized carbons (Fsp3) is 0.357. The average molecular weight is 284 g/mol. The molecule has 0 aliphatic rings. The molecule has 0 saturated carbocycles. The molecule has 1 aromatic carbocycles. The van der Waals surface area contributed by atoms with Crippen LogP contribution in [0.1, 0.15) is 5.56 Å². The van der Waals surface area contributed by atoms with Gasteiger partial charge >= 0.3 is 0 Å². The minimum atomic E-state index is -0.803. The predicted molar refractivity (Wildman–Crippen MR) is 72.1 cm³/mol. The van der Waals surface area contributed by atoms with Crippen LogP contribution >= 0.6 is 0 Å². The van der Waals surface area contributed by atoms with Gasteiger partial charge in [-0.05, 0) is 17.7 Å². The van der Waals surface area contributed by atoms with Gasteiger partial charge in [-0.15, -0.1) is 0 Å². The van der Waals surface area contributed by atoms with Crippen LogP contribution < -0.4 is 11.1 Å². The number of ether oxygens (including phenoxy) is 1. The lowest BCUT2D eigenvalue weighted by Crippen LogP contribution is -2.37. The van der Waals surface area contributed by atoms with Crippen molar-refractivity contribution < 1.29 is 18.3 Å². The van der Waals surface area contributed by atoms with Crippen LogP contribution in [-0.4, -0.2) is 32.2 Å². The number of hydrogen-bond acceptors (Lipinski definition) is 3. The Hall–Kier alpha value is -1.79. The molecule has 0 heterocycles. The highest BCUT2D eigenvalue weighted by molar-refractivity contribution is 5.81. The monoisotopic (exact) mass is 284 g/mol. The fourth-order valence-electron chi connectivity index (χ4n) is 1.68. The lowest BCUT2D eigenvalue weighted by molar-refractivity contribution is -0.130. The highest BCUT2D eigenvalue weighted by Gasteiger charge is 2.18. The third-order valence-corrected chi connectivity index (χ3v) is 2.62. The number of rotatable bonds is 7. The molecule has 20 heavy (non-hydrogen) atoms. The predicted octanol–water partition coefficient (Wildman–Crippen LogP) is 1.15. The Labute approximate surface area is 116 Å². The molecule has 0 radical (unpaired) electrons. The van der Waals surface area contributed by atoms with Gasteiger partial charge in [0.1, 0.15) is 17.7 Å². The van der Waals surface area contributed by atoms with Crippen LogP contribution in [0, 0.1) is 11.6 Å². The smallest absolute Gasteiger partial charge is 0.249 e. The van der Waals surface area contributed by atoms with Crippen molar-refractivity contribution in [1.82, 2.24) is 5.32 Å². The standard InChI is InChI=1S/C14H18F2N2O2/c1-20-13(14(19)18-5-3-2-4-17)8-10-6-11(15)9-12(16)7-10/h2-3,6-7,9,13H,4-5,8,17H2,1H3,(H,18,19)/b3-2+. The quantitative estimate of drug-likeness (QED) is 0.738. The molecule has 1 rings (SSSR count). The zero-order valence-corrected chi connectivity index (χ0v) is 11.2. The van der Waals surface area contributed by atoms with Gasteiger partial charge in [0.05, 0.1) is 0 Å². The molecule has 0 aromatic heterocycles. The summed E-state index contributed by atoms with van der Waals surface area (Å²) in [6.07, 6.45) is 2.72. The Morgan fingerprint density at radius 2 is 2.00 bits per heavy atom. The van der Waals surface area contributed by atoms with Crippen LogP contribution in [0.15, 0.2) is 30.4 Å². The van der Waals surface area contributed by atoms with Crippen molar-refractivity contribution in [2.45, 2.75) is 12.5 Å². The van der Waals surface area contributed by atoms with E-state index in [-0.39, 0.29) is 12.3 Å². The van der Waals surface area contributed by atoms with Gasteiger partial charge in [-0.25, -0.2) is 8.78 Å². The molecule has 1 amide bonds. The third kappa shape index (κ3) is 5.46. The van der Waals surface area contributed by atoms with E-state index in [0.29, 0.717) is 18.7 Å². The first-order valence-electron chi connectivity index (χ1n) is 6.17. The first kappa shape index (κ1) is 16.3. The Morgan fingerprint density at radius 3 is 2.55 bits per heavy atom. The number of nitrogens with one attached hydrogen (secondary N) is 1. The number of amides is 1. The number of hydrogen-bond donors (Lipinski definition) is 2. The molecule has 4 nitrogen and oxygen atoms in total. The zero-order chi connectivity index (χ0) is 15.0. The SMILES string of the molecule is COC(Cc1cc(F)cc(F)c1)C(=O)NC/C=C/CN. The van der Waals surface area contributed by atoms with E-state index in [0.717, 1.165) is 6.07 Å². The van der Waals surface area contributed by atoms with Crippen LogP contribution in [0.3, 0.4) is 0 Å². The van der Waals surface area contributed by atoms with Crippen molar-refractivity contribution in [3.63, 3.8) is 0 Å². The van der Waals surface area contributed by atoms with Gasteiger partial charge in [-0.3, -0.25) is 4.79 Å². The summed E-state index contributed by atoms with van der Waals surface area (Å²) in [5, 5.41) is 2.62. The molecule has 3 N–H and O–H groups in total. The van der Waals surface area contributed by atoms with Crippen LogP contribution in [0.5, 0.6) is 0 Å². The van der Waals surface area contributed by atoms with Gasteiger partial charge in [0, 0.05) is 32.7 Å². The molecule has 110 valence electrons. The number of benzene rings is 1. The minimum Gasteiger partial charge on any atom is -0.371 e. The van der Waals surface area contributed by atoms with Crippen molar-refractivity contribution in [1.29, 1.82) is 0 Å². The van der Waals surface area contributed by atoms with E-state index in [9.17, 15) is 13.6 Å². The second-order valence-corrected chi connectivity index (χ2v) is 4.16. The maximum absolute atomic E-state index is 13.1. The molecule has 0 saturated heterocycles. The maximum atomic E-state index is 13.1. The lowest BCUT2D eigenvalue weighted by atomic mass is 10.1. The van der Waals surface area contributed by atoms with Crippen molar-refractivity contribution in [3.8, 4) is 0 Å². The molecule has 0 bridgehead atoms. The fourth-order valence-corrected chi connectivity index (χ4v) is 1.68. The number of methoxy groups -OCH3 is 1.